The van der Waals surface area contributed by atoms with Crippen molar-refractivity contribution in [2.75, 3.05) is 20.1 Å². The molecule has 0 aliphatic rings. The molecule has 3 heteroatoms. The zero-order valence-electron chi connectivity index (χ0n) is 12.2. The van der Waals surface area contributed by atoms with Crippen molar-refractivity contribution in [1.82, 2.24) is 10.2 Å². The summed E-state index contributed by atoms with van der Waals surface area (Å²) in [6.45, 7) is 8.63. The van der Waals surface area contributed by atoms with Crippen LogP contribution < -0.4 is 5.32 Å². The molecule has 2 rings (SSSR count). The highest BCUT2D eigenvalue weighted by Crippen LogP contribution is 2.32. The second-order valence-corrected chi connectivity index (χ2v) is 6.15. The van der Waals surface area contributed by atoms with Crippen molar-refractivity contribution in [3.8, 4) is 0 Å². The van der Waals surface area contributed by atoms with Gasteiger partial charge in [-0.15, -0.1) is 11.3 Å². The predicted octanol–water partition coefficient (Wildman–Crippen LogP) is 3.85. The summed E-state index contributed by atoms with van der Waals surface area (Å²) < 4.78 is 1.41. The molecule has 2 nitrogen and oxygen atoms in total. The molecule has 0 amide bonds. The standard InChI is InChI=1S/C16H24N2S/c1-4-10-18(3)12-14-13-8-6-7-9-15(13)19-16(14)11-17-5-2/h6-9,17H,4-5,10-12H2,1-3H3. The van der Waals surface area contributed by atoms with Gasteiger partial charge in [0.1, 0.15) is 0 Å². The fourth-order valence-corrected chi connectivity index (χ4v) is 3.62. The molecule has 0 unspecified atom stereocenters. The number of benzene rings is 1. The van der Waals surface area contributed by atoms with Crippen LogP contribution in [0, 0.1) is 0 Å². The van der Waals surface area contributed by atoms with Gasteiger partial charge in [-0.2, -0.15) is 0 Å². The average molecular weight is 276 g/mol. The quantitative estimate of drug-likeness (QED) is 0.826. The molecule has 2 aromatic rings. The van der Waals surface area contributed by atoms with Crippen LogP contribution in [0.3, 0.4) is 0 Å². The second kappa shape index (κ2) is 7.04. The number of nitrogens with one attached hydrogen (secondary N) is 1. The van der Waals surface area contributed by atoms with Crippen molar-refractivity contribution in [2.45, 2.75) is 33.4 Å². The number of thiophene rings is 1. The van der Waals surface area contributed by atoms with E-state index in [4.69, 9.17) is 0 Å². The lowest BCUT2D eigenvalue weighted by atomic mass is 10.1. The summed E-state index contributed by atoms with van der Waals surface area (Å²) in [5.74, 6) is 0. The molecule has 0 fully saturated rings. The van der Waals surface area contributed by atoms with E-state index in [0.717, 1.165) is 26.2 Å². The van der Waals surface area contributed by atoms with E-state index in [1.165, 1.54) is 26.9 Å². The van der Waals surface area contributed by atoms with Gasteiger partial charge in [0.2, 0.25) is 0 Å². The lowest BCUT2D eigenvalue weighted by Crippen LogP contribution is -2.20. The van der Waals surface area contributed by atoms with Crippen molar-refractivity contribution in [1.29, 1.82) is 0 Å². The Morgan fingerprint density at radius 1 is 1.21 bits per heavy atom. The van der Waals surface area contributed by atoms with Gasteiger partial charge in [-0.05, 0) is 43.6 Å². The summed E-state index contributed by atoms with van der Waals surface area (Å²) in [5.41, 5.74) is 1.51. The first kappa shape index (κ1) is 14.5. The van der Waals surface area contributed by atoms with E-state index < -0.39 is 0 Å². The first-order valence-electron chi connectivity index (χ1n) is 7.14. The number of hydrogen-bond acceptors (Lipinski definition) is 3. The van der Waals surface area contributed by atoms with Gasteiger partial charge in [-0.25, -0.2) is 0 Å². The zero-order chi connectivity index (χ0) is 13.7. The van der Waals surface area contributed by atoms with Gasteiger partial charge in [-0.3, -0.25) is 0 Å². The van der Waals surface area contributed by atoms with Gasteiger partial charge in [-0.1, -0.05) is 32.0 Å². The van der Waals surface area contributed by atoms with E-state index in [1.54, 1.807) is 0 Å². The Labute approximate surface area is 120 Å². The van der Waals surface area contributed by atoms with Crippen LogP contribution in [0.5, 0.6) is 0 Å². The summed E-state index contributed by atoms with van der Waals surface area (Å²) in [5, 5.41) is 4.90. The molecule has 104 valence electrons. The number of hydrogen-bond donors (Lipinski definition) is 1. The molecule has 0 atom stereocenters. The van der Waals surface area contributed by atoms with E-state index in [0.29, 0.717) is 0 Å². The van der Waals surface area contributed by atoms with Crippen LogP contribution in [0.25, 0.3) is 10.1 Å². The van der Waals surface area contributed by atoms with Crippen molar-refractivity contribution in [3.63, 3.8) is 0 Å². The predicted molar refractivity (Wildman–Crippen MR) is 85.8 cm³/mol. The number of rotatable bonds is 7. The topological polar surface area (TPSA) is 15.3 Å². The number of nitrogens with zero attached hydrogens (tertiary/aromatic N) is 1. The van der Waals surface area contributed by atoms with Crippen LogP contribution in [-0.2, 0) is 13.1 Å². The van der Waals surface area contributed by atoms with Crippen molar-refractivity contribution in [3.05, 3.63) is 34.7 Å². The Balaban J connectivity index is 2.30. The summed E-state index contributed by atoms with van der Waals surface area (Å²) in [4.78, 5) is 3.91. The van der Waals surface area contributed by atoms with Crippen LogP contribution in [0.15, 0.2) is 24.3 Å². The third kappa shape index (κ3) is 3.56. The molecule has 0 saturated heterocycles. The van der Waals surface area contributed by atoms with Crippen molar-refractivity contribution >= 4 is 21.4 Å². The van der Waals surface area contributed by atoms with Crippen LogP contribution >= 0.6 is 11.3 Å². The van der Waals surface area contributed by atoms with E-state index in [2.05, 4.69) is 55.4 Å². The third-order valence-electron chi connectivity index (χ3n) is 3.35. The molecule has 1 heterocycles. The monoisotopic (exact) mass is 276 g/mol. The number of fused-ring (bicyclic) bond motifs is 1. The highest BCUT2D eigenvalue weighted by Gasteiger charge is 2.12. The molecule has 0 radical (unpaired) electrons. The minimum Gasteiger partial charge on any atom is -0.312 e. The fraction of sp³-hybridized carbons (Fsp3) is 0.500. The van der Waals surface area contributed by atoms with Crippen LogP contribution in [0.1, 0.15) is 30.7 Å². The average Bonchev–Trinajstić information content (AvgIpc) is 2.75. The van der Waals surface area contributed by atoms with E-state index in [-0.39, 0.29) is 0 Å². The summed E-state index contributed by atoms with van der Waals surface area (Å²) in [6.07, 6.45) is 1.21. The lowest BCUT2D eigenvalue weighted by Gasteiger charge is -2.16. The maximum atomic E-state index is 3.46. The van der Waals surface area contributed by atoms with Crippen LogP contribution in [0.2, 0.25) is 0 Å². The lowest BCUT2D eigenvalue weighted by molar-refractivity contribution is 0.328. The van der Waals surface area contributed by atoms with Gasteiger partial charge >= 0.3 is 0 Å². The molecule has 1 aromatic heterocycles. The Morgan fingerprint density at radius 2 is 2.00 bits per heavy atom. The Bertz CT molecular complexity index is 518. The molecule has 0 bridgehead atoms. The van der Waals surface area contributed by atoms with Gasteiger partial charge in [0.25, 0.3) is 0 Å². The molecular formula is C16H24N2S. The maximum Gasteiger partial charge on any atom is 0.0349 e. The highest BCUT2D eigenvalue weighted by molar-refractivity contribution is 7.19. The SMILES string of the molecule is CCCN(C)Cc1c(CNCC)sc2ccccc12. The molecular weight excluding hydrogens is 252 g/mol. The molecule has 0 aliphatic carbocycles. The largest absolute Gasteiger partial charge is 0.312 e. The van der Waals surface area contributed by atoms with Crippen LogP contribution in [-0.4, -0.2) is 25.0 Å². The first-order chi connectivity index (χ1) is 9.26. The smallest absolute Gasteiger partial charge is 0.0349 e. The van der Waals surface area contributed by atoms with E-state index in [9.17, 15) is 0 Å². The van der Waals surface area contributed by atoms with Crippen molar-refractivity contribution < 1.29 is 0 Å². The van der Waals surface area contributed by atoms with Gasteiger partial charge in [0.05, 0.1) is 0 Å². The maximum absolute atomic E-state index is 3.46. The Hall–Kier alpha value is -0.900. The minimum atomic E-state index is 0.991. The van der Waals surface area contributed by atoms with Gasteiger partial charge in [0.15, 0.2) is 0 Å². The summed E-state index contributed by atoms with van der Waals surface area (Å²) >= 11 is 1.93. The van der Waals surface area contributed by atoms with Crippen LogP contribution in [0.4, 0.5) is 0 Å². The van der Waals surface area contributed by atoms with Crippen molar-refractivity contribution in [2.24, 2.45) is 0 Å². The zero-order valence-corrected chi connectivity index (χ0v) is 13.0. The van der Waals surface area contributed by atoms with Gasteiger partial charge in [0, 0.05) is 22.7 Å². The summed E-state index contributed by atoms with van der Waals surface area (Å²) in [6, 6.07) is 8.78. The second-order valence-electron chi connectivity index (χ2n) is 5.02. The molecule has 0 saturated carbocycles. The van der Waals surface area contributed by atoms with E-state index >= 15 is 0 Å². The minimum absolute atomic E-state index is 0.991. The molecule has 1 aromatic carbocycles. The fourth-order valence-electron chi connectivity index (χ4n) is 2.43. The first-order valence-corrected chi connectivity index (χ1v) is 7.96. The molecule has 0 aliphatic heterocycles. The Kier molecular flexibility index (Phi) is 5.37. The molecule has 1 N–H and O–H groups in total. The van der Waals surface area contributed by atoms with Gasteiger partial charge < -0.3 is 10.2 Å². The molecule has 19 heavy (non-hydrogen) atoms. The summed E-state index contributed by atoms with van der Waals surface area (Å²) in [7, 11) is 2.22. The third-order valence-corrected chi connectivity index (χ3v) is 4.56. The molecule has 0 spiro atoms. The normalized spacial score (nSPS) is 11.6. The Morgan fingerprint density at radius 3 is 2.74 bits per heavy atom. The van der Waals surface area contributed by atoms with E-state index in [1.807, 2.05) is 11.3 Å². The highest BCUT2D eigenvalue weighted by atomic mass is 32.1.